The maximum absolute atomic E-state index is 11.4. The summed E-state index contributed by atoms with van der Waals surface area (Å²) in [5.74, 6) is 0. The molecular weight excluding hydrogens is 347 g/mol. The van der Waals surface area contributed by atoms with Gasteiger partial charge in [-0.25, -0.2) is 4.57 Å². The van der Waals surface area contributed by atoms with Crippen molar-refractivity contribution in [1.82, 2.24) is 0 Å². The summed E-state index contributed by atoms with van der Waals surface area (Å²) in [6.07, 6.45) is 23.4. The molecule has 1 unspecified atom stereocenters. The number of phosphoric acid groups is 1. The minimum atomic E-state index is -3.88. The first-order chi connectivity index (χ1) is 12.6. The second-order valence-corrected chi connectivity index (χ2v) is 8.28. The van der Waals surface area contributed by atoms with Gasteiger partial charge in [0.1, 0.15) is 0 Å². The molecule has 5 heteroatoms. The Labute approximate surface area is 161 Å². The number of hydrogen-bond donors (Lipinski definition) is 1. The Bertz CT molecular complexity index is 382. The van der Waals surface area contributed by atoms with Crippen molar-refractivity contribution in [2.75, 3.05) is 13.2 Å². The van der Waals surface area contributed by atoms with Gasteiger partial charge < -0.3 is 4.89 Å². The highest BCUT2D eigenvalue weighted by atomic mass is 31.2. The lowest BCUT2D eigenvalue weighted by atomic mass is 10.1. The Morgan fingerprint density at radius 2 is 1.31 bits per heavy atom. The van der Waals surface area contributed by atoms with E-state index in [0.29, 0.717) is 0 Å². The lowest BCUT2D eigenvalue weighted by molar-refractivity contribution is 0.158. The minimum absolute atomic E-state index is 0.0290. The van der Waals surface area contributed by atoms with Crippen LogP contribution in [0.1, 0.15) is 96.8 Å². The number of allylic oxidation sites excluding steroid dienone is 2. The van der Waals surface area contributed by atoms with Gasteiger partial charge in [-0.2, -0.15) is 0 Å². The van der Waals surface area contributed by atoms with Gasteiger partial charge in [0, 0.05) is 0 Å². The second-order valence-electron chi connectivity index (χ2n) is 6.82. The van der Waals surface area contributed by atoms with Gasteiger partial charge in [0.05, 0.1) is 13.2 Å². The average molecular weight is 389 g/mol. The molecule has 0 fully saturated rings. The molecule has 0 spiro atoms. The van der Waals surface area contributed by atoms with Crippen molar-refractivity contribution in [2.24, 2.45) is 0 Å². The maximum Gasteiger partial charge on any atom is 0.472 e. The summed E-state index contributed by atoms with van der Waals surface area (Å²) in [5.41, 5.74) is 0. The summed E-state index contributed by atoms with van der Waals surface area (Å²) < 4.78 is 20.9. The number of hydrogen-bond acceptors (Lipinski definition) is 3. The fourth-order valence-corrected chi connectivity index (χ4v) is 3.44. The zero-order valence-corrected chi connectivity index (χ0v) is 17.8. The first-order valence-corrected chi connectivity index (χ1v) is 12.0. The monoisotopic (exact) mass is 388 g/mol. The predicted octanol–water partition coefficient (Wildman–Crippen LogP) is 7.34. The molecule has 0 aliphatic rings. The van der Waals surface area contributed by atoms with Crippen molar-refractivity contribution >= 4 is 7.82 Å². The van der Waals surface area contributed by atoms with Crippen LogP contribution in [0, 0.1) is 0 Å². The average Bonchev–Trinajstić information content (AvgIpc) is 2.62. The minimum Gasteiger partial charge on any atom is -0.302 e. The van der Waals surface area contributed by atoms with Crippen LogP contribution in [0.4, 0.5) is 0 Å². The molecule has 0 heterocycles. The van der Waals surface area contributed by atoms with Gasteiger partial charge >= 0.3 is 7.82 Å². The van der Waals surface area contributed by atoms with Gasteiger partial charge in [-0.3, -0.25) is 9.05 Å². The topological polar surface area (TPSA) is 55.8 Å². The van der Waals surface area contributed by atoms with Crippen LogP contribution in [-0.4, -0.2) is 18.1 Å². The molecule has 0 radical (unpaired) electrons. The molecule has 0 aromatic rings. The molecular formula is C21H41O4P. The zero-order chi connectivity index (χ0) is 19.3. The SMILES string of the molecule is C=CCOP(=O)(O)OCCCCCCCC/C=C\CCCCCCCC. The van der Waals surface area contributed by atoms with E-state index in [0.717, 1.165) is 19.3 Å². The Balaban J connectivity index is 3.25. The van der Waals surface area contributed by atoms with E-state index < -0.39 is 7.82 Å². The summed E-state index contributed by atoms with van der Waals surface area (Å²) in [5, 5.41) is 0. The van der Waals surface area contributed by atoms with Crippen molar-refractivity contribution in [1.29, 1.82) is 0 Å². The van der Waals surface area contributed by atoms with Crippen LogP contribution >= 0.6 is 7.82 Å². The molecule has 0 aromatic carbocycles. The van der Waals surface area contributed by atoms with E-state index in [1.807, 2.05) is 0 Å². The van der Waals surface area contributed by atoms with Crippen LogP contribution in [0.25, 0.3) is 0 Å². The molecule has 4 nitrogen and oxygen atoms in total. The van der Waals surface area contributed by atoms with Gasteiger partial charge in [0.2, 0.25) is 0 Å². The summed E-state index contributed by atoms with van der Waals surface area (Å²) in [7, 11) is -3.88. The highest BCUT2D eigenvalue weighted by Gasteiger charge is 2.19. The Morgan fingerprint density at radius 3 is 1.85 bits per heavy atom. The summed E-state index contributed by atoms with van der Waals surface area (Å²) >= 11 is 0. The van der Waals surface area contributed by atoms with Gasteiger partial charge in [-0.05, 0) is 32.1 Å². The van der Waals surface area contributed by atoms with Crippen LogP contribution < -0.4 is 0 Å². The van der Waals surface area contributed by atoms with Crippen molar-refractivity contribution in [3.05, 3.63) is 24.8 Å². The molecule has 0 saturated heterocycles. The largest absolute Gasteiger partial charge is 0.472 e. The smallest absolute Gasteiger partial charge is 0.302 e. The molecule has 26 heavy (non-hydrogen) atoms. The van der Waals surface area contributed by atoms with Crippen LogP contribution in [0.15, 0.2) is 24.8 Å². The standard InChI is InChI=1S/C21H41O4P/c1-3-5-6-7-8-9-10-11-12-13-14-15-16-17-18-19-21-25-26(22,23)24-20-4-2/h4,11-12H,2-3,5-10,13-21H2,1H3,(H,22,23)/b12-11-. The van der Waals surface area contributed by atoms with Crippen LogP contribution in [0.3, 0.4) is 0 Å². The van der Waals surface area contributed by atoms with Gasteiger partial charge in [-0.15, -0.1) is 6.58 Å². The van der Waals surface area contributed by atoms with Crippen LogP contribution in [0.2, 0.25) is 0 Å². The molecule has 0 saturated carbocycles. The van der Waals surface area contributed by atoms with Crippen molar-refractivity contribution < 1.29 is 18.5 Å². The third-order valence-electron chi connectivity index (χ3n) is 4.27. The van der Waals surface area contributed by atoms with Gasteiger partial charge in [0.25, 0.3) is 0 Å². The molecule has 0 aromatic heterocycles. The number of phosphoric ester groups is 1. The van der Waals surface area contributed by atoms with E-state index in [9.17, 15) is 9.46 Å². The Morgan fingerprint density at radius 1 is 0.808 bits per heavy atom. The van der Waals surface area contributed by atoms with E-state index in [2.05, 4.69) is 30.2 Å². The molecule has 0 aliphatic carbocycles. The predicted molar refractivity (Wildman–Crippen MR) is 111 cm³/mol. The van der Waals surface area contributed by atoms with E-state index >= 15 is 0 Å². The van der Waals surface area contributed by atoms with Crippen molar-refractivity contribution in [2.45, 2.75) is 96.8 Å². The number of rotatable bonds is 20. The molecule has 1 atom stereocenters. The van der Waals surface area contributed by atoms with E-state index in [1.54, 1.807) is 0 Å². The summed E-state index contributed by atoms with van der Waals surface area (Å²) in [6, 6.07) is 0. The van der Waals surface area contributed by atoms with Gasteiger partial charge in [-0.1, -0.05) is 82.9 Å². The molecule has 1 N–H and O–H groups in total. The number of unbranched alkanes of at least 4 members (excludes halogenated alkanes) is 12. The Hall–Kier alpha value is -0.410. The molecule has 154 valence electrons. The van der Waals surface area contributed by atoms with Crippen LogP contribution in [-0.2, 0) is 13.6 Å². The first kappa shape index (κ1) is 25.6. The highest BCUT2D eigenvalue weighted by molar-refractivity contribution is 7.47. The maximum atomic E-state index is 11.4. The van der Waals surface area contributed by atoms with Gasteiger partial charge in [0.15, 0.2) is 0 Å². The Kier molecular flexibility index (Phi) is 19.0. The fourth-order valence-electron chi connectivity index (χ4n) is 2.71. The van der Waals surface area contributed by atoms with Crippen LogP contribution in [0.5, 0.6) is 0 Å². The third-order valence-corrected chi connectivity index (χ3v) is 5.25. The summed E-state index contributed by atoms with van der Waals surface area (Å²) in [4.78, 5) is 9.33. The van der Waals surface area contributed by atoms with Crippen molar-refractivity contribution in [3.8, 4) is 0 Å². The highest BCUT2D eigenvalue weighted by Crippen LogP contribution is 2.43. The molecule has 0 rings (SSSR count). The fraction of sp³-hybridized carbons (Fsp3) is 0.810. The quantitative estimate of drug-likeness (QED) is 0.135. The van der Waals surface area contributed by atoms with E-state index in [4.69, 9.17) is 4.52 Å². The van der Waals surface area contributed by atoms with E-state index in [1.165, 1.54) is 76.7 Å². The lowest BCUT2D eigenvalue weighted by Crippen LogP contribution is -1.97. The second kappa shape index (κ2) is 19.4. The molecule has 0 amide bonds. The third kappa shape index (κ3) is 19.9. The summed E-state index contributed by atoms with van der Waals surface area (Å²) in [6.45, 7) is 5.99. The van der Waals surface area contributed by atoms with Crippen molar-refractivity contribution in [3.63, 3.8) is 0 Å². The zero-order valence-electron chi connectivity index (χ0n) is 16.9. The molecule has 0 bridgehead atoms. The van der Waals surface area contributed by atoms with E-state index in [-0.39, 0.29) is 13.2 Å². The molecule has 0 aliphatic heterocycles. The first-order valence-electron chi connectivity index (χ1n) is 10.5. The lowest BCUT2D eigenvalue weighted by Gasteiger charge is -2.10. The normalized spacial score (nSPS) is 13.9.